The summed E-state index contributed by atoms with van der Waals surface area (Å²) in [5.41, 5.74) is 0.0727. The highest BCUT2D eigenvalue weighted by molar-refractivity contribution is 6.07. The topological polar surface area (TPSA) is 88.1 Å². The molecule has 0 radical (unpaired) electrons. The molecule has 2 aromatic rings. The molecule has 9 heteroatoms. The summed E-state index contributed by atoms with van der Waals surface area (Å²) in [6, 6.07) is 12.0. The van der Waals surface area contributed by atoms with Crippen LogP contribution in [0.15, 0.2) is 48.5 Å². The summed E-state index contributed by atoms with van der Waals surface area (Å²) >= 11 is 0. The van der Waals surface area contributed by atoms with Crippen LogP contribution >= 0.6 is 0 Å². The molecule has 2 atom stereocenters. The fraction of sp³-hybridized carbons (Fsp3) is 0.333. The average molecular weight is 420 g/mol. The van der Waals surface area contributed by atoms with Gasteiger partial charge in [0.2, 0.25) is 0 Å². The van der Waals surface area contributed by atoms with E-state index in [1.807, 2.05) is 19.1 Å². The summed E-state index contributed by atoms with van der Waals surface area (Å²) in [4.78, 5) is 26.1. The third kappa shape index (κ3) is 4.68. The summed E-state index contributed by atoms with van der Waals surface area (Å²) in [5, 5.41) is 12.8. The maximum absolute atomic E-state index is 12.9. The number of urea groups is 1. The van der Waals surface area contributed by atoms with E-state index in [0.29, 0.717) is 11.3 Å². The van der Waals surface area contributed by atoms with E-state index in [0.717, 1.165) is 10.5 Å². The van der Waals surface area contributed by atoms with Crippen molar-refractivity contribution in [2.24, 2.45) is 0 Å². The van der Waals surface area contributed by atoms with E-state index in [9.17, 15) is 23.5 Å². The van der Waals surface area contributed by atoms with Gasteiger partial charge in [0, 0.05) is 0 Å². The number of benzene rings is 2. The number of amides is 3. The number of nitrogens with one attached hydrogen (secondary N) is 1. The number of nitrogens with zero attached hydrogens (tertiary/aromatic N) is 1. The standard InChI is InChI=1S/C21H22F2N2O5/c1-13-3-7-16(8-4-13)29-12-15(26)11-25-18(27)21(2,24-20(25)28)14-5-9-17(10-6-14)30-19(22)23/h3-10,15,19,26H,11-12H2,1-2H3,(H,24,28)/t15-,21+/m0/s1. The minimum atomic E-state index is -2.96. The first-order valence-corrected chi connectivity index (χ1v) is 9.26. The lowest BCUT2D eigenvalue weighted by Gasteiger charge is -2.23. The third-order valence-corrected chi connectivity index (χ3v) is 4.79. The second kappa shape index (κ2) is 8.66. The molecule has 3 amide bonds. The number of ether oxygens (including phenoxy) is 2. The summed E-state index contributed by atoms with van der Waals surface area (Å²) in [6.45, 7) is 0.131. The molecule has 7 nitrogen and oxygen atoms in total. The van der Waals surface area contributed by atoms with Gasteiger partial charge < -0.3 is 19.9 Å². The summed E-state index contributed by atoms with van der Waals surface area (Å²) < 4.78 is 34.4. The number of carbonyl (C=O) groups excluding carboxylic acids is 2. The zero-order valence-electron chi connectivity index (χ0n) is 16.5. The number of hydrogen-bond acceptors (Lipinski definition) is 5. The molecule has 30 heavy (non-hydrogen) atoms. The van der Waals surface area contributed by atoms with Crippen molar-refractivity contribution < 1.29 is 33.0 Å². The van der Waals surface area contributed by atoms with Gasteiger partial charge in [-0.15, -0.1) is 0 Å². The molecule has 0 aromatic heterocycles. The van der Waals surface area contributed by atoms with Crippen molar-refractivity contribution in [3.05, 3.63) is 59.7 Å². The van der Waals surface area contributed by atoms with Crippen LogP contribution in [0.4, 0.5) is 13.6 Å². The van der Waals surface area contributed by atoms with Crippen molar-refractivity contribution in [3.63, 3.8) is 0 Å². The van der Waals surface area contributed by atoms with Gasteiger partial charge in [-0.3, -0.25) is 9.69 Å². The minimum Gasteiger partial charge on any atom is -0.491 e. The van der Waals surface area contributed by atoms with Crippen LogP contribution in [0.5, 0.6) is 11.5 Å². The number of aryl methyl sites for hydroxylation is 1. The Morgan fingerprint density at radius 1 is 1.07 bits per heavy atom. The number of rotatable bonds is 8. The van der Waals surface area contributed by atoms with E-state index >= 15 is 0 Å². The first kappa shape index (κ1) is 21.5. The molecule has 2 aromatic carbocycles. The van der Waals surface area contributed by atoms with Crippen LogP contribution in [0.25, 0.3) is 0 Å². The molecule has 1 fully saturated rings. The van der Waals surface area contributed by atoms with Gasteiger partial charge in [0.15, 0.2) is 0 Å². The van der Waals surface area contributed by atoms with Crippen molar-refractivity contribution in [2.75, 3.05) is 13.2 Å². The van der Waals surface area contributed by atoms with Crippen molar-refractivity contribution in [3.8, 4) is 11.5 Å². The van der Waals surface area contributed by atoms with Crippen molar-refractivity contribution in [1.82, 2.24) is 10.2 Å². The molecule has 160 valence electrons. The maximum Gasteiger partial charge on any atom is 0.387 e. The highest BCUT2D eigenvalue weighted by atomic mass is 19.3. The first-order valence-electron chi connectivity index (χ1n) is 9.26. The molecule has 1 saturated heterocycles. The molecular formula is C21H22F2N2O5. The molecule has 3 rings (SSSR count). The van der Waals surface area contributed by atoms with Crippen LogP contribution < -0.4 is 14.8 Å². The van der Waals surface area contributed by atoms with Crippen LogP contribution in [0, 0.1) is 6.92 Å². The van der Waals surface area contributed by atoms with E-state index in [1.165, 1.54) is 31.2 Å². The lowest BCUT2D eigenvalue weighted by molar-refractivity contribution is -0.132. The van der Waals surface area contributed by atoms with E-state index in [-0.39, 0.29) is 18.9 Å². The fourth-order valence-electron chi connectivity index (χ4n) is 3.12. The highest BCUT2D eigenvalue weighted by Crippen LogP contribution is 2.30. The molecule has 1 aliphatic rings. The Labute approximate surface area is 172 Å². The zero-order chi connectivity index (χ0) is 21.9. The fourth-order valence-corrected chi connectivity index (χ4v) is 3.12. The second-order valence-corrected chi connectivity index (χ2v) is 7.15. The van der Waals surface area contributed by atoms with Gasteiger partial charge in [0.1, 0.15) is 29.7 Å². The Hall–Kier alpha value is -3.20. The maximum atomic E-state index is 12.9. The Bertz CT molecular complexity index is 905. The van der Waals surface area contributed by atoms with E-state index in [4.69, 9.17) is 4.74 Å². The van der Waals surface area contributed by atoms with E-state index < -0.39 is 30.2 Å². The molecule has 2 N–H and O–H groups in total. The Morgan fingerprint density at radius 2 is 1.67 bits per heavy atom. The van der Waals surface area contributed by atoms with Crippen LogP contribution in [0.1, 0.15) is 18.1 Å². The Kier molecular flexibility index (Phi) is 6.21. The number of β-amino-alcohol motifs (C(OH)–C–C–N with tert-alkyl or cyclic N) is 1. The van der Waals surface area contributed by atoms with Gasteiger partial charge in [-0.05, 0) is 43.7 Å². The number of carbonyl (C=O) groups is 2. The second-order valence-electron chi connectivity index (χ2n) is 7.15. The molecule has 0 aliphatic carbocycles. The Morgan fingerprint density at radius 3 is 2.27 bits per heavy atom. The lowest BCUT2D eigenvalue weighted by Crippen LogP contribution is -2.42. The quantitative estimate of drug-likeness (QED) is 0.642. The van der Waals surface area contributed by atoms with E-state index in [2.05, 4.69) is 10.1 Å². The molecule has 1 aliphatic heterocycles. The van der Waals surface area contributed by atoms with Gasteiger partial charge in [-0.25, -0.2) is 4.79 Å². The molecule has 0 unspecified atom stereocenters. The van der Waals surface area contributed by atoms with Gasteiger partial charge >= 0.3 is 12.6 Å². The first-order chi connectivity index (χ1) is 14.2. The van der Waals surface area contributed by atoms with Crippen molar-refractivity contribution in [2.45, 2.75) is 32.1 Å². The summed E-state index contributed by atoms with van der Waals surface area (Å²) in [7, 11) is 0. The number of aliphatic hydroxyl groups excluding tert-OH is 1. The molecular weight excluding hydrogens is 398 g/mol. The SMILES string of the molecule is Cc1ccc(OC[C@@H](O)CN2C(=O)N[C@](C)(c3ccc(OC(F)F)cc3)C2=O)cc1. The van der Waals surface area contributed by atoms with Crippen molar-refractivity contribution in [1.29, 1.82) is 0 Å². The van der Waals surface area contributed by atoms with Crippen LogP contribution in [-0.2, 0) is 10.3 Å². The normalized spacial score (nSPS) is 19.7. The predicted molar refractivity (Wildman–Crippen MR) is 103 cm³/mol. The van der Waals surface area contributed by atoms with Gasteiger partial charge in [0.05, 0.1) is 6.54 Å². The lowest BCUT2D eigenvalue weighted by atomic mass is 9.92. The third-order valence-electron chi connectivity index (χ3n) is 4.79. The number of alkyl halides is 2. The predicted octanol–water partition coefficient (Wildman–Crippen LogP) is 2.80. The molecule has 1 heterocycles. The van der Waals surface area contributed by atoms with Gasteiger partial charge in [0.25, 0.3) is 5.91 Å². The van der Waals surface area contributed by atoms with Gasteiger partial charge in [-0.2, -0.15) is 8.78 Å². The Balaban J connectivity index is 1.63. The monoisotopic (exact) mass is 420 g/mol. The number of hydrogen-bond donors (Lipinski definition) is 2. The smallest absolute Gasteiger partial charge is 0.387 e. The zero-order valence-corrected chi connectivity index (χ0v) is 16.5. The minimum absolute atomic E-state index is 0.0605. The molecule has 0 bridgehead atoms. The van der Waals surface area contributed by atoms with Gasteiger partial charge in [-0.1, -0.05) is 29.8 Å². The number of aliphatic hydroxyl groups is 1. The summed E-state index contributed by atoms with van der Waals surface area (Å²) in [5.74, 6) is -0.0631. The van der Waals surface area contributed by atoms with Crippen LogP contribution in [0.3, 0.4) is 0 Å². The number of halogens is 2. The largest absolute Gasteiger partial charge is 0.491 e. The van der Waals surface area contributed by atoms with Crippen LogP contribution in [-0.4, -0.2) is 47.8 Å². The van der Waals surface area contributed by atoms with Crippen LogP contribution in [0.2, 0.25) is 0 Å². The molecule has 0 spiro atoms. The average Bonchev–Trinajstić information content (AvgIpc) is 2.91. The highest BCUT2D eigenvalue weighted by Gasteiger charge is 2.49. The van der Waals surface area contributed by atoms with E-state index in [1.54, 1.807) is 12.1 Å². The summed E-state index contributed by atoms with van der Waals surface area (Å²) in [6.07, 6.45) is -1.09. The van der Waals surface area contributed by atoms with Crippen molar-refractivity contribution >= 4 is 11.9 Å². The molecule has 0 saturated carbocycles. The number of imide groups is 1.